The van der Waals surface area contributed by atoms with E-state index in [0.717, 1.165) is 118 Å². The third kappa shape index (κ3) is 10.7. The minimum Gasteiger partial charge on any atom is -0.103 e. The average molecular weight is 629 g/mol. The van der Waals surface area contributed by atoms with Gasteiger partial charge in [0.15, 0.2) is 0 Å². The van der Waals surface area contributed by atoms with Gasteiger partial charge in [0.1, 0.15) is 0 Å². The van der Waals surface area contributed by atoms with E-state index in [9.17, 15) is 0 Å². The highest BCUT2D eigenvalue weighted by atomic mass is 14.5. The van der Waals surface area contributed by atoms with Crippen molar-refractivity contribution < 1.29 is 0 Å². The van der Waals surface area contributed by atoms with Gasteiger partial charge in [0.25, 0.3) is 0 Å². The quantitative estimate of drug-likeness (QED) is 0.267. The molecular weight excluding hydrogens is 540 g/mol. The third-order valence-corrected chi connectivity index (χ3v) is 16.5. The highest BCUT2D eigenvalue weighted by molar-refractivity contribution is 4.96. The highest BCUT2D eigenvalue weighted by Crippen LogP contribution is 2.54. The van der Waals surface area contributed by atoms with Crippen molar-refractivity contribution in [1.29, 1.82) is 0 Å². The number of hydrogen-bond donors (Lipinski definition) is 0. The van der Waals surface area contributed by atoms with E-state index in [1.54, 1.807) is 12.2 Å². The normalized spacial score (nSPS) is 50.0. The molecule has 4 aliphatic carbocycles. The van der Waals surface area contributed by atoms with Crippen LogP contribution in [0.3, 0.4) is 0 Å². The molecule has 45 heavy (non-hydrogen) atoms. The minimum atomic E-state index is 0.918. The second-order valence-electron chi connectivity index (χ2n) is 17.8. The van der Waals surface area contributed by atoms with Crippen LogP contribution in [0.2, 0.25) is 0 Å². The molecule has 0 saturated heterocycles. The van der Waals surface area contributed by atoms with Gasteiger partial charge in [-0.25, -0.2) is 0 Å². The zero-order valence-corrected chi connectivity index (χ0v) is 34.8. The van der Waals surface area contributed by atoms with E-state index in [0.29, 0.717) is 0 Å². The third-order valence-electron chi connectivity index (χ3n) is 16.5. The van der Waals surface area contributed by atoms with E-state index in [-0.39, 0.29) is 0 Å². The Bertz CT molecular complexity index is 625. The van der Waals surface area contributed by atoms with Crippen LogP contribution in [0.4, 0.5) is 0 Å². The first-order valence-electron chi connectivity index (χ1n) is 19.8. The van der Waals surface area contributed by atoms with Gasteiger partial charge in [0, 0.05) is 0 Å². The first-order chi connectivity index (χ1) is 20.7. The minimum absolute atomic E-state index is 0.918. The maximum Gasteiger partial charge on any atom is -0.0355 e. The molecule has 0 amide bonds. The first-order valence-corrected chi connectivity index (χ1v) is 19.8. The molecular formula is C45H88. The molecule has 0 aromatic heterocycles. The van der Waals surface area contributed by atoms with Crippen molar-refractivity contribution in [3.05, 3.63) is 25.3 Å². The van der Waals surface area contributed by atoms with Gasteiger partial charge in [0.05, 0.1) is 0 Å². The number of hydrogen-bond acceptors (Lipinski definition) is 0. The maximum absolute atomic E-state index is 3.36. The van der Waals surface area contributed by atoms with E-state index < -0.39 is 0 Å². The van der Waals surface area contributed by atoms with Gasteiger partial charge in [-0.2, -0.15) is 0 Å². The Hall–Kier alpha value is -0.520. The molecule has 0 spiro atoms. The molecule has 0 radical (unpaired) electrons. The molecule has 0 heterocycles. The van der Waals surface area contributed by atoms with Gasteiger partial charge < -0.3 is 0 Å². The Morgan fingerprint density at radius 2 is 0.356 bits per heavy atom. The van der Waals surface area contributed by atoms with E-state index in [1.165, 1.54) is 6.42 Å². The molecule has 4 saturated carbocycles. The lowest BCUT2D eigenvalue weighted by molar-refractivity contribution is 0.193. The Kier molecular flexibility index (Phi) is 19.9. The lowest BCUT2D eigenvalue weighted by Crippen LogP contribution is -2.22. The van der Waals surface area contributed by atoms with Crippen LogP contribution in [0, 0.1) is 118 Å². The van der Waals surface area contributed by atoms with Crippen molar-refractivity contribution in [1.82, 2.24) is 0 Å². The van der Waals surface area contributed by atoms with Crippen molar-refractivity contribution in [2.75, 3.05) is 0 Å². The SMILES string of the molecule is C=CC.C=CC.CC1C(C)C(C)C(C)C1C.CC1C(C)C(C)C(C)C1C.CC1C(C)C(C)C(CC2C(C)C(C)C(C)C2C)C1C. The summed E-state index contributed by atoms with van der Waals surface area (Å²) in [6.45, 7) is 54.5. The van der Waals surface area contributed by atoms with Crippen LogP contribution < -0.4 is 0 Å². The predicted octanol–water partition coefficient (Wildman–Crippen LogP) is 14.5. The predicted molar refractivity (Wildman–Crippen MR) is 208 cm³/mol. The van der Waals surface area contributed by atoms with Gasteiger partial charge in [0.2, 0.25) is 0 Å². The van der Waals surface area contributed by atoms with Crippen LogP contribution in [0.15, 0.2) is 25.3 Å². The Morgan fingerprint density at radius 3 is 0.467 bits per heavy atom. The van der Waals surface area contributed by atoms with Gasteiger partial charge >= 0.3 is 0 Å². The van der Waals surface area contributed by atoms with Crippen LogP contribution >= 0.6 is 0 Å². The molecule has 0 aliphatic heterocycles. The molecule has 8 atom stereocenters. The van der Waals surface area contributed by atoms with Gasteiger partial charge in [-0.15, -0.1) is 13.2 Å². The lowest BCUT2D eigenvalue weighted by Gasteiger charge is -2.30. The summed E-state index contributed by atoms with van der Waals surface area (Å²) in [6, 6.07) is 0. The fourth-order valence-electron chi connectivity index (χ4n) is 10.4. The molecule has 0 N–H and O–H groups in total. The van der Waals surface area contributed by atoms with E-state index in [2.05, 4.69) is 138 Å². The molecule has 268 valence electrons. The Morgan fingerprint density at radius 1 is 0.267 bits per heavy atom. The van der Waals surface area contributed by atoms with E-state index >= 15 is 0 Å². The second-order valence-corrected chi connectivity index (χ2v) is 17.8. The van der Waals surface area contributed by atoms with Crippen LogP contribution in [0.25, 0.3) is 0 Å². The molecule has 8 unspecified atom stereocenters. The second kappa shape index (κ2) is 20.1. The molecule has 0 aromatic carbocycles. The topological polar surface area (TPSA) is 0 Å². The standard InChI is InChI=1S/C19H36.2C10H20.2C3H6/c1-10-11(2)15(6)18(14(10)5)9-19-16(7)12(3)13(4)17(19)8;2*1-6-7(2)9(4)10(5)8(6)3;2*1-3-2/h10-19H,9H2,1-8H3;2*6-10H,1-5H3;2*3H,1H2,2H3. The lowest BCUT2D eigenvalue weighted by atomic mass is 9.76. The summed E-state index contributed by atoms with van der Waals surface area (Å²) < 4.78 is 0. The first kappa shape index (κ1) is 44.5. The summed E-state index contributed by atoms with van der Waals surface area (Å²) in [4.78, 5) is 0. The molecule has 0 aromatic rings. The molecule has 0 heteroatoms. The summed E-state index contributed by atoms with van der Waals surface area (Å²) in [5.74, 6) is 18.7. The summed E-state index contributed by atoms with van der Waals surface area (Å²) in [5, 5.41) is 0. The van der Waals surface area contributed by atoms with Crippen LogP contribution in [0.5, 0.6) is 0 Å². The van der Waals surface area contributed by atoms with Crippen LogP contribution in [0.1, 0.15) is 145 Å². The molecule has 4 aliphatic rings. The van der Waals surface area contributed by atoms with E-state index in [4.69, 9.17) is 0 Å². The number of allylic oxidation sites excluding steroid dienone is 2. The summed E-state index contributed by atoms with van der Waals surface area (Å²) >= 11 is 0. The van der Waals surface area contributed by atoms with Crippen molar-refractivity contribution in [3.63, 3.8) is 0 Å². The maximum atomic E-state index is 3.36. The van der Waals surface area contributed by atoms with Crippen molar-refractivity contribution in [2.24, 2.45) is 118 Å². The van der Waals surface area contributed by atoms with Crippen LogP contribution in [-0.2, 0) is 0 Å². The Balaban J connectivity index is 0.000000632. The highest BCUT2D eigenvalue weighted by Gasteiger charge is 2.47. The van der Waals surface area contributed by atoms with E-state index in [1.807, 2.05) is 13.8 Å². The fraction of sp³-hybridized carbons (Fsp3) is 0.911. The van der Waals surface area contributed by atoms with Gasteiger partial charge in [-0.05, 0) is 139 Å². The Labute approximate surface area is 287 Å². The molecule has 4 rings (SSSR count). The zero-order chi connectivity index (χ0) is 35.7. The largest absolute Gasteiger partial charge is 0.103 e. The molecule has 0 bridgehead atoms. The van der Waals surface area contributed by atoms with Crippen molar-refractivity contribution in [3.8, 4) is 0 Å². The monoisotopic (exact) mass is 629 g/mol. The zero-order valence-electron chi connectivity index (χ0n) is 34.8. The molecule has 4 fully saturated rings. The van der Waals surface area contributed by atoms with Crippen molar-refractivity contribution in [2.45, 2.75) is 145 Å². The van der Waals surface area contributed by atoms with Gasteiger partial charge in [-0.3, -0.25) is 0 Å². The van der Waals surface area contributed by atoms with Crippen LogP contribution in [-0.4, -0.2) is 0 Å². The molecule has 0 nitrogen and oxygen atoms in total. The smallest absolute Gasteiger partial charge is 0.0355 e. The summed E-state index contributed by atoms with van der Waals surface area (Å²) in [5.41, 5.74) is 0. The van der Waals surface area contributed by atoms with Gasteiger partial charge in [-0.1, -0.05) is 137 Å². The van der Waals surface area contributed by atoms with Crippen molar-refractivity contribution >= 4 is 0 Å². The number of rotatable bonds is 2. The average Bonchev–Trinajstić information content (AvgIpc) is 3.46. The summed E-state index contributed by atoms with van der Waals surface area (Å²) in [6.07, 6.45) is 4.99. The fourth-order valence-corrected chi connectivity index (χ4v) is 10.4. The summed E-state index contributed by atoms with van der Waals surface area (Å²) in [7, 11) is 0.